The monoisotopic (exact) mass is 809 g/mol. The maximum absolute atomic E-state index is 15.6. The summed E-state index contributed by atoms with van der Waals surface area (Å²) in [4.78, 5) is 56.2. The number of imide groups is 1. The molecule has 2 aromatic carbocycles. The summed E-state index contributed by atoms with van der Waals surface area (Å²) in [6.45, 7) is 5.24. The van der Waals surface area contributed by atoms with Gasteiger partial charge in [-0.1, -0.05) is 13.0 Å². The van der Waals surface area contributed by atoms with Crippen molar-refractivity contribution in [3.63, 3.8) is 0 Å². The standard InChI is InChI=1S/C45H53F2N7O5/c1-2-32-34(47)6-5-29-16-31(59-40(56)43-18-26-13-27(19-43)15-28(14-26)20-43)17-36(37(29)32)52-12-7-33-35(23-52)48-42(58-25-44-8-3-11-54(44)22-30(46)21-44)49-38(33)53-10-4-9-45(24-53)39(55)50-41(57)51-45/h5-6,16-17,26-28,30H,2-4,7-15,18-25H2,1H3,(H2,50,51,55,57)/t26?,27?,28?,30-,43?,44+,45-/m1/s1. The number of amides is 3. The second-order valence-corrected chi connectivity index (χ2v) is 19.3. The van der Waals surface area contributed by atoms with E-state index in [4.69, 9.17) is 19.4 Å². The van der Waals surface area contributed by atoms with Crippen LogP contribution >= 0.6 is 0 Å². The fourth-order valence-corrected chi connectivity index (χ4v) is 13.3. The Labute approximate surface area is 342 Å². The molecule has 59 heavy (non-hydrogen) atoms. The molecule has 12 nitrogen and oxygen atoms in total. The average molecular weight is 810 g/mol. The molecule has 2 N–H and O–H groups in total. The van der Waals surface area contributed by atoms with Gasteiger partial charge in [0.15, 0.2) is 0 Å². The molecule has 12 rings (SSSR count). The number of nitrogens with one attached hydrogen (secondary N) is 2. The second kappa shape index (κ2) is 13.7. The largest absolute Gasteiger partial charge is 0.461 e. The number of hydrogen-bond acceptors (Lipinski definition) is 10. The smallest absolute Gasteiger partial charge is 0.322 e. The van der Waals surface area contributed by atoms with Gasteiger partial charge >= 0.3 is 18.0 Å². The Bertz CT molecular complexity index is 2240. The fraction of sp³-hybridized carbons (Fsp3) is 0.622. The van der Waals surface area contributed by atoms with Crippen molar-refractivity contribution in [3.8, 4) is 11.8 Å². The Morgan fingerprint density at radius 3 is 2.49 bits per heavy atom. The summed E-state index contributed by atoms with van der Waals surface area (Å²) in [7, 11) is 0. The number of carbonyl (C=O) groups excluding carboxylic acids is 3. The van der Waals surface area contributed by atoms with Crippen molar-refractivity contribution in [2.75, 3.05) is 49.1 Å². The van der Waals surface area contributed by atoms with E-state index in [0.29, 0.717) is 93.2 Å². The number of aromatic nitrogens is 2. The number of nitrogens with zero attached hydrogens (tertiary/aromatic N) is 5. The minimum Gasteiger partial charge on any atom is -0.461 e. The van der Waals surface area contributed by atoms with E-state index < -0.39 is 28.7 Å². The van der Waals surface area contributed by atoms with E-state index in [-0.39, 0.29) is 36.9 Å². The Morgan fingerprint density at radius 2 is 1.75 bits per heavy atom. The van der Waals surface area contributed by atoms with Crippen LogP contribution in [0.1, 0.15) is 94.4 Å². The number of alkyl halides is 1. The normalized spacial score (nSPS) is 33.4. The first-order valence-corrected chi connectivity index (χ1v) is 22.0. The lowest BCUT2D eigenvalue weighted by Crippen LogP contribution is -2.59. The molecule has 1 aromatic heterocycles. The van der Waals surface area contributed by atoms with Crippen LogP contribution in [0, 0.1) is 29.0 Å². The van der Waals surface area contributed by atoms with Crippen LogP contribution in [0.3, 0.4) is 0 Å². The lowest BCUT2D eigenvalue weighted by atomic mass is 9.49. The minimum atomic E-state index is -1.06. The Balaban J connectivity index is 0.954. The second-order valence-electron chi connectivity index (χ2n) is 19.3. The van der Waals surface area contributed by atoms with E-state index in [9.17, 15) is 18.8 Å². The quantitative estimate of drug-likeness (QED) is 0.155. The topological polar surface area (TPSA) is 129 Å². The third-order valence-corrected chi connectivity index (χ3v) is 15.6. The maximum Gasteiger partial charge on any atom is 0.322 e. The van der Waals surface area contributed by atoms with Gasteiger partial charge in [0.25, 0.3) is 5.91 Å². The van der Waals surface area contributed by atoms with Gasteiger partial charge in [-0.05, 0) is 124 Å². The highest BCUT2D eigenvalue weighted by Gasteiger charge is 2.56. The summed E-state index contributed by atoms with van der Waals surface area (Å²) >= 11 is 0. The molecule has 3 amide bonds. The van der Waals surface area contributed by atoms with Crippen LogP contribution in [0.4, 0.5) is 25.1 Å². The number of esters is 1. The predicted octanol–water partition coefficient (Wildman–Crippen LogP) is 6.15. The van der Waals surface area contributed by atoms with Crippen molar-refractivity contribution in [1.29, 1.82) is 0 Å². The predicted molar refractivity (Wildman–Crippen MR) is 216 cm³/mol. The first-order chi connectivity index (χ1) is 28.5. The highest BCUT2D eigenvalue weighted by molar-refractivity contribution is 6.07. The Morgan fingerprint density at radius 1 is 0.966 bits per heavy atom. The molecule has 0 radical (unpaired) electrons. The minimum absolute atomic E-state index is 0.129. The van der Waals surface area contributed by atoms with Gasteiger partial charge in [-0.25, -0.2) is 13.6 Å². The average Bonchev–Trinajstić information content (AvgIpc) is 3.83. The molecule has 3 atom stereocenters. The van der Waals surface area contributed by atoms with Crippen molar-refractivity contribution >= 4 is 40.2 Å². The van der Waals surface area contributed by atoms with Crippen LogP contribution < -0.4 is 29.9 Å². The lowest BCUT2D eigenvalue weighted by Gasteiger charge is -2.55. The highest BCUT2D eigenvalue weighted by Crippen LogP contribution is 2.60. The number of benzene rings is 2. The molecular weight excluding hydrogens is 757 g/mol. The van der Waals surface area contributed by atoms with Crippen molar-refractivity contribution in [3.05, 3.63) is 46.9 Å². The van der Waals surface area contributed by atoms with Crippen molar-refractivity contribution in [1.82, 2.24) is 25.5 Å². The van der Waals surface area contributed by atoms with E-state index in [1.54, 1.807) is 6.07 Å². The summed E-state index contributed by atoms with van der Waals surface area (Å²) in [6, 6.07) is 6.78. The van der Waals surface area contributed by atoms with Crippen LogP contribution in [0.15, 0.2) is 24.3 Å². The van der Waals surface area contributed by atoms with Gasteiger partial charge in [0.1, 0.15) is 35.7 Å². The van der Waals surface area contributed by atoms with Gasteiger partial charge < -0.3 is 24.6 Å². The molecule has 5 aliphatic heterocycles. The van der Waals surface area contributed by atoms with Crippen molar-refractivity contribution in [2.24, 2.45) is 23.2 Å². The molecule has 3 aromatic rings. The summed E-state index contributed by atoms with van der Waals surface area (Å²) in [6.07, 6.45) is 9.95. The number of urea groups is 1. The van der Waals surface area contributed by atoms with E-state index in [1.165, 1.54) is 25.3 Å². The zero-order valence-electron chi connectivity index (χ0n) is 33.8. The number of anilines is 2. The van der Waals surface area contributed by atoms with Gasteiger partial charge in [0.2, 0.25) is 0 Å². The molecule has 14 heteroatoms. The summed E-state index contributed by atoms with van der Waals surface area (Å²) in [5.41, 5.74) is 1.16. The number of hydrogen-bond donors (Lipinski definition) is 2. The van der Waals surface area contributed by atoms with Crippen LogP contribution in [0.2, 0.25) is 0 Å². The maximum atomic E-state index is 15.6. The molecule has 1 spiro atoms. The third-order valence-electron chi connectivity index (χ3n) is 15.6. The summed E-state index contributed by atoms with van der Waals surface area (Å²) in [5.74, 6) is 2.20. The number of carbonyl (C=O) groups is 3. The summed E-state index contributed by atoms with van der Waals surface area (Å²) in [5, 5.41) is 6.92. The van der Waals surface area contributed by atoms with E-state index in [1.807, 2.05) is 19.1 Å². The van der Waals surface area contributed by atoms with Gasteiger partial charge in [-0.3, -0.25) is 19.8 Å². The Hall–Kier alpha value is -4.59. The third kappa shape index (κ3) is 6.16. The van der Waals surface area contributed by atoms with E-state index in [0.717, 1.165) is 66.4 Å². The number of ether oxygens (including phenoxy) is 2. The molecule has 6 heterocycles. The van der Waals surface area contributed by atoms with Crippen LogP contribution in [0.5, 0.6) is 11.8 Å². The molecule has 4 saturated heterocycles. The number of halogens is 2. The SMILES string of the molecule is CCc1c(F)ccc2cc(OC(=O)C34CC5CC(CC(C5)C3)C4)cc(N3CCc4c(nc(OC[C@@]56CCCN5C[C@H](F)C6)nc4N4CCC[C@]5(C4)NC(=O)NC5=O)C3)c12. The first-order valence-electron chi connectivity index (χ1n) is 22.0. The van der Waals surface area contributed by atoms with Gasteiger partial charge in [0.05, 0.1) is 29.7 Å². The molecule has 4 saturated carbocycles. The molecule has 4 bridgehead atoms. The molecule has 9 aliphatic rings. The lowest BCUT2D eigenvalue weighted by molar-refractivity contribution is -0.161. The molecular formula is C45H53F2N7O5. The zero-order chi connectivity index (χ0) is 40.3. The van der Waals surface area contributed by atoms with E-state index >= 15 is 4.39 Å². The molecule has 0 unspecified atom stereocenters. The first kappa shape index (κ1) is 37.4. The Kier molecular flexibility index (Phi) is 8.70. The summed E-state index contributed by atoms with van der Waals surface area (Å²) < 4.78 is 43.3. The molecule has 4 aliphatic carbocycles. The van der Waals surface area contributed by atoms with Crippen molar-refractivity contribution in [2.45, 2.75) is 114 Å². The molecule has 8 fully saturated rings. The fourth-order valence-electron chi connectivity index (χ4n) is 13.3. The van der Waals surface area contributed by atoms with Gasteiger partial charge in [0, 0.05) is 48.8 Å². The van der Waals surface area contributed by atoms with Gasteiger partial charge in [-0.15, -0.1) is 0 Å². The number of rotatable bonds is 8. The highest BCUT2D eigenvalue weighted by atomic mass is 19.1. The molecule has 312 valence electrons. The number of piperidine rings is 1. The van der Waals surface area contributed by atoms with Crippen LogP contribution in [-0.4, -0.2) is 89.4 Å². The van der Waals surface area contributed by atoms with Crippen molar-refractivity contribution < 1.29 is 32.6 Å². The van der Waals surface area contributed by atoms with Gasteiger partial charge in [-0.2, -0.15) is 9.97 Å². The van der Waals surface area contributed by atoms with E-state index in [2.05, 4.69) is 25.3 Å². The van der Waals surface area contributed by atoms with Crippen LogP contribution in [-0.2, 0) is 29.0 Å². The van der Waals surface area contributed by atoms with Crippen LogP contribution in [0.25, 0.3) is 10.8 Å². The number of aryl methyl sites for hydroxylation is 1. The number of fused-ring (bicyclic) bond motifs is 3. The zero-order valence-corrected chi connectivity index (χ0v) is 33.8.